The number of halogens is 1. The molecule has 5 heteroatoms. The number of aromatic nitrogens is 4. The quantitative estimate of drug-likeness (QED) is 0.758. The number of rotatable bonds is 2. The van der Waals surface area contributed by atoms with Gasteiger partial charge in [-0.1, -0.05) is 6.07 Å². The number of hydrogen-bond acceptors (Lipinski definition) is 3. The molecule has 0 amide bonds. The molecule has 0 saturated heterocycles. The van der Waals surface area contributed by atoms with Crippen LogP contribution in [0.15, 0.2) is 30.7 Å². The average Bonchev–Trinajstić information content (AvgIpc) is 2.65. The Morgan fingerprint density at radius 2 is 2.29 bits per heavy atom. The van der Waals surface area contributed by atoms with Gasteiger partial charge in [0, 0.05) is 6.20 Å². The van der Waals surface area contributed by atoms with Crippen molar-refractivity contribution in [3.63, 3.8) is 0 Å². The summed E-state index contributed by atoms with van der Waals surface area (Å²) in [6.07, 6.45) is 3.35. The van der Waals surface area contributed by atoms with E-state index in [0.29, 0.717) is 5.28 Å². The van der Waals surface area contributed by atoms with Crippen LogP contribution in [0.4, 0.5) is 0 Å². The second kappa shape index (κ2) is 3.75. The summed E-state index contributed by atoms with van der Waals surface area (Å²) in [6, 6.07) is 5.82. The lowest BCUT2D eigenvalue weighted by Crippen LogP contribution is -2.07. The fourth-order valence-corrected chi connectivity index (χ4v) is 1.49. The maximum absolute atomic E-state index is 5.85. The van der Waals surface area contributed by atoms with Crippen LogP contribution in [0.1, 0.15) is 18.7 Å². The van der Waals surface area contributed by atoms with E-state index in [1.807, 2.05) is 25.1 Å². The Kier molecular flexibility index (Phi) is 2.45. The van der Waals surface area contributed by atoms with Gasteiger partial charge in [-0.3, -0.25) is 9.55 Å². The summed E-state index contributed by atoms with van der Waals surface area (Å²) in [6.45, 7) is 2.00. The average molecular weight is 209 g/mol. The molecule has 0 aliphatic carbocycles. The molecule has 0 aliphatic rings. The van der Waals surface area contributed by atoms with Crippen LogP contribution in [-0.2, 0) is 0 Å². The Morgan fingerprint density at radius 3 is 2.86 bits per heavy atom. The third-order valence-electron chi connectivity index (χ3n) is 2.06. The first-order chi connectivity index (χ1) is 6.79. The van der Waals surface area contributed by atoms with Gasteiger partial charge in [-0.25, -0.2) is 0 Å². The van der Waals surface area contributed by atoms with Gasteiger partial charge in [0.05, 0.1) is 11.7 Å². The van der Waals surface area contributed by atoms with E-state index in [2.05, 4.69) is 15.2 Å². The van der Waals surface area contributed by atoms with Crippen LogP contribution in [0.5, 0.6) is 0 Å². The number of hydrogen-bond donors (Lipinski definition) is 0. The zero-order valence-electron chi connectivity index (χ0n) is 7.63. The molecule has 1 atom stereocenters. The smallest absolute Gasteiger partial charge is 0.225 e. The predicted octanol–water partition coefficient (Wildman–Crippen LogP) is 1.94. The zero-order chi connectivity index (χ0) is 9.97. The Morgan fingerprint density at radius 1 is 1.43 bits per heavy atom. The maximum atomic E-state index is 5.85. The van der Waals surface area contributed by atoms with E-state index < -0.39 is 0 Å². The number of nitrogens with zero attached hydrogens (tertiary/aromatic N) is 4. The summed E-state index contributed by atoms with van der Waals surface area (Å²) < 4.78 is 1.77. The van der Waals surface area contributed by atoms with Crippen LogP contribution in [0.25, 0.3) is 0 Å². The summed E-state index contributed by atoms with van der Waals surface area (Å²) in [5, 5.41) is 7.81. The van der Waals surface area contributed by atoms with Crippen molar-refractivity contribution < 1.29 is 0 Å². The van der Waals surface area contributed by atoms with Crippen molar-refractivity contribution in [2.75, 3.05) is 0 Å². The molecule has 2 aromatic rings. The second-order valence-corrected chi connectivity index (χ2v) is 3.28. The Balaban J connectivity index is 2.34. The van der Waals surface area contributed by atoms with Crippen molar-refractivity contribution in [2.24, 2.45) is 0 Å². The molecule has 2 rings (SSSR count). The second-order valence-electron chi connectivity index (χ2n) is 2.94. The van der Waals surface area contributed by atoms with Gasteiger partial charge in [-0.15, -0.1) is 10.2 Å². The molecular weight excluding hydrogens is 200 g/mol. The third kappa shape index (κ3) is 1.61. The Labute approximate surface area is 86.6 Å². The monoisotopic (exact) mass is 208 g/mol. The summed E-state index contributed by atoms with van der Waals surface area (Å²) in [5.74, 6) is 0. The van der Waals surface area contributed by atoms with Gasteiger partial charge in [0.25, 0.3) is 0 Å². The highest BCUT2D eigenvalue weighted by Gasteiger charge is 2.11. The van der Waals surface area contributed by atoms with Crippen molar-refractivity contribution in [1.29, 1.82) is 0 Å². The molecule has 1 unspecified atom stereocenters. The van der Waals surface area contributed by atoms with Crippen LogP contribution in [0.3, 0.4) is 0 Å². The van der Waals surface area contributed by atoms with Crippen molar-refractivity contribution in [1.82, 2.24) is 19.7 Å². The largest absolute Gasteiger partial charge is 0.295 e. The molecule has 0 bridgehead atoms. The third-order valence-corrected chi connectivity index (χ3v) is 2.33. The molecule has 0 aromatic carbocycles. The van der Waals surface area contributed by atoms with E-state index >= 15 is 0 Å². The highest BCUT2D eigenvalue weighted by atomic mass is 35.5. The molecule has 72 valence electrons. The van der Waals surface area contributed by atoms with Crippen LogP contribution in [-0.4, -0.2) is 19.7 Å². The maximum Gasteiger partial charge on any atom is 0.225 e. The van der Waals surface area contributed by atoms with Crippen LogP contribution in [0.2, 0.25) is 5.28 Å². The fraction of sp³-hybridized carbons (Fsp3) is 0.222. The van der Waals surface area contributed by atoms with E-state index in [4.69, 9.17) is 11.6 Å². The summed E-state index contributed by atoms with van der Waals surface area (Å²) in [4.78, 5) is 4.24. The summed E-state index contributed by atoms with van der Waals surface area (Å²) in [7, 11) is 0. The zero-order valence-corrected chi connectivity index (χ0v) is 8.39. The normalized spacial score (nSPS) is 12.7. The van der Waals surface area contributed by atoms with Gasteiger partial charge in [-0.05, 0) is 30.7 Å². The lowest BCUT2D eigenvalue weighted by Gasteiger charge is -2.11. The van der Waals surface area contributed by atoms with E-state index in [1.165, 1.54) is 0 Å². The molecule has 0 N–H and O–H groups in total. The predicted molar refractivity (Wildman–Crippen MR) is 53.1 cm³/mol. The van der Waals surface area contributed by atoms with Crippen molar-refractivity contribution in [3.05, 3.63) is 41.7 Å². The van der Waals surface area contributed by atoms with E-state index in [1.54, 1.807) is 17.1 Å². The van der Waals surface area contributed by atoms with Crippen molar-refractivity contribution >= 4 is 11.6 Å². The Hall–Kier alpha value is -1.42. The van der Waals surface area contributed by atoms with Crippen LogP contribution >= 0.6 is 11.6 Å². The van der Waals surface area contributed by atoms with E-state index in [0.717, 1.165) is 5.69 Å². The molecule has 2 heterocycles. The van der Waals surface area contributed by atoms with Crippen LogP contribution in [0, 0.1) is 0 Å². The SMILES string of the molecule is CC(c1ccccn1)n1cnnc1Cl. The van der Waals surface area contributed by atoms with Gasteiger partial charge in [0.1, 0.15) is 6.33 Å². The molecule has 4 nitrogen and oxygen atoms in total. The Bertz CT molecular complexity index is 412. The first-order valence-corrected chi connectivity index (χ1v) is 4.63. The molecule has 0 spiro atoms. The molecular formula is C9H9ClN4. The lowest BCUT2D eigenvalue weighted by atomic mass is 10.2. The summed E-state index contributed by atoms with van der Waals surface area (Å²) in [5.41, 5.74) is 0.939. The van der Waals surface area contributed by atoms with Crippen molar-refractivity contribution in [3.8, 4) is 0 Å². The molecule has 14 heavy (non-hydrogen) atoms. The molecule has 0 radical (unpaired) electrons. The van der Waals surface area contributed by atoms with Gasteiger partial charge in [0.15, 0.2) is 0 Å². The highest BCUT2D eigenvalue weighted by Crippen LogP contribution is 2.18. The topological polar surface area (TPSA) is 43.6 Å². The first-order valence-electron chi connectivity index (χ1n) is 4.25. The molecule has 0 fully saturated rings. The van der Waals surface area contributed by atoms with Gasteiger partial charge in [-0.2, -0.15) is 0 Å². The molecule has 2 aromatic heterocycles. The fourth-order valence-electron chi connectivity index (χ4n) is 1.25. The van der Waals surface area contributed by atoms with Crippen LogP contribution < -0.4 is 0 Å². The minimum atomic E-state index is 0.0544. The number of pyridine rings is 1. The van der Waals surface area contributed by atoms with Gasteiger partial charge < -0.3 is 0 Å². The standard InChI is InChI=1S/C9H9ClN4/c1-7(8-4-2-3-5-11-8)14-6-12-13-9(14)10/h2-7H,1H3. The molecule has 0 saturated carbocycles. The van der Waals surface area contributed by atoms with E-state index in [-0.39, 0.29) is 6.04 Å². The minimum Gasteiger partial charge on any atom is -0.295 e. The lowest BCUT2D eigenvalue weighted by molar-refractivity contribution is 0.619. The van der Waals surface area contributed by atoms with Gasteiger partial charge in [0.2, 0.25) is 5.28 Å². The molecule has 0 aliphatic heterocycles. The van der Waals surface area contributed by atoms with Gasteiger partial charge >= 0.3 is 0 Å². The van der Waals surface area contributed by atoms with E-state index in [9.17, 15) is 0 Å². The minimum absolute atomic E-state index is 0.0544. The summed E-state index contributed by atoms with van der Waals surface area (Å²) >= 11 is 5.85. The first kappa shape index (κ1) is 9.15. The highest BCUT2D eigenvalue weighted by molar-refractivity contribution is 6.28. The van der Waals surface area contributed by atoms with Crippen molar-refractivity contribution in [2.45, 2.75) is 13.0 Å².